The molecule has 1 aromatic rings. The first-order valence-corrected chi connectivity index (χ1v) is 11.6. The number of hydrogen-bond donors (Lipinski definition) is 1. The Labute approximate surface area is 153 Å². The molecule has 0 atom stereocenters. The van der Waals surface area contributed by atoms with Crippen LogP contribution in [0.5, 0.6) is 0 Å². The third-order valence-electron chi connectivity index (χ3n) is 4.91. The van der Waals surface area contributed by atoms with E-state index in [0.717, 1.165) is 25.3 Å². The normalized spacial score (nSPS) is 21.3. The molecule has 2 saturated heterocycles. The number of anilines is 1. The molecule has 0 spiro atoms. The van der Waals surface area contributed by atoms with Crippen molar-refractivity contribution in [1.82, 2.24) is 14.2 Å². The van der Waals surface area contributed by atoms with Crippen molar-refractivity contribution in [1.29, 1.82) is 0 Å². The van der Waals surface area contributed by atoms with E-state index < -0.39 is 10.0 Å². The van der Waals surface area contributed by atoms with Crippen molar-refractivity contribution < 1.29 is 13.2 Å². The molecule has 3 rings (SSSR count). The molecule has 1 aromatic heterocycles. The number of carbonyl (C=O) groups excluding carboxylic acids is 1. The minimum Gasteiger partial charge on any atom is -0.302 e. The lowest BCUT2D eigenvalue weighted by Gasteiger charge is -2.29. The van der Waals surface area contributed by atoms with Gasteiger partial charge in [0.1, 0.15) is 0 Å². The molecule has 0 aromatic carbocycles. The second kappa shape index (κ2) is 8.11. The fourth-order valence-corrected chi connectivity index (χ4v) is 5.02. The Morgan fingerprint density at radius 1 is 1.24 bits per heavy atom. The van der Waals surface area contributed by atoms with Crippen molar-refractivity contribution in [3.8, 4) is 0 Å². The molecular weight excluding hydrogens is 360 g/mol. The fraction of sp³-hybridized carbons (Fsp3) is 0.750. The van der Waals surface area contributed by atoms with E-state index in [1.165, 1.54) is 41.2 Å². The molecule has 0 radical (unpaired) electrons. The standard InChI is InChI=1S/C16H26N4O3S2/c1-25(22,23)20-9-5-13(6-10-20)15(21)18-16-17-14(12-24-16)11-19-7-3-2-4-8-19/h12-13H,2-11H2,1H3,(H,17,18,21). The van der Waals surface area contributed by atoms with Gasteiger partial charge in [0.15, 0.2) is 5.13 Å². The van der Waals surface area contributed by atoms with Crippen LogP contribution in [0.3, 0.4) is 0 Å². The summed E-state index contributed by atoms with van der Waals surface area (Å²) in [6.07, 6.45) is 6.15. The van der Waals surface area contributed by atoms with Crippen LogP contribution >= 0.6 is 11.3 Å². The summed E-state index contributed by atoms with van der Waals surface area (Å²) < 4.78 is 24.5. The molecule has 2 aliphatic rings. The zero-order valence-electron chi connectivity index (χ0n) is 14.6. The van der Waals surface area contributed by atoms with Gasteiger partial charge in [0.25, 0.3) is 0 Å². The van der Waals surface area contributed by atoms with Gasteiger partial charge in [-0.05, 0) is 38.8 Å². The number of amides is 1. The van der Waals surface area contributed by atoms with Gasteiger partial charge >= 0.3 is 0 Å². The summed E-state index contributed by atoms with van der Waals surface area (Å²) in [5, 5.41) is 5.56. The Balaban J connectivity index is 1.48. The van der Waals surface area contributed by atoms with E-state index in [4.69, 9.17) is 0 Å². The van der Waals surface area contributed by atoms with Crippen LogP contribution in [0.2, 0.25) is 0 Å². The number of hydrogen-bond acceptors (Lipinski definition) is 6. The molecule has 2 aliphatic heterocycles. The summed E-state index contributed by atoms with van der Waals surface area (Å²) >= 11 is 1.46. The summed E-state index contributed by atoms with van der Waals surface area (Å²) in [4.78, 5) is 19.3. The van der Waals surface area contributed by atoms with Crippen LogP contribution < -0.4 is 5.32 Å². The average molecular weight is 387 g/mol. The quantitative estimate of drug-likeness (QED) is 0.833. The van der Waals surface area contributed by atoms with E-state index in [1.54, 1.807) is 0 Å². The summed E-state index contributed by atoms with van der Waals surface area (Å²) in [5.74, 6) is -0.195. The largest absolute Gasteiger partial charge is 0.302 e. The first-order chi connectivity index (χ1) is 11.9. The van der Waals surface area contributed by atoms with E-state index >= 15 is 0 Å². The molecule has 1 N–H and O–H groups in total. The number of piperidine rings is 2. The zero-order chi connectivity index (χ0) is 17.9. The first-order valence-electron chi connectivity index (χ1n) is 8.84. The number of rotatable bonds is 5. The van der Waals surface area contributed by atoms with E-state index in [9.17, 15) is 13.2 Å². The number of likely N-dealkylation sites (tertiary alicyclic amines) is 1. The van der Waals surface area contributed by atoms with E-state index in [0.29, 0.717) is 31.1 Å². The van der Waals surface area contributed by atoms with E-state index in [1.807, 2.05) is 5.38 Å². The first kappa shape index (κ1) is 18.8. The number of carbonyl (C=O) groups is 1. The molecule has 1 amide bonds. The Kier molecular flexibility index (Phi) is 6.08. The second-order valence-electron chi connectivity index (χ2n) is 6.91. The van der Waals surface area contributed by atoms with Gasteiger partial charge in [-0.2, -0.15) is 0 Å². The van der Waals surface area contributed by atoms with E-state index in [-0.39, 0.29) is 11.8 Å². The third kappa shape index (κ3) is 5.22. The predicted octanol–water partition coefficient (Wildman–Crippen LogP) is 1.74. The molecule has 0 saturated carbocycles. The number of aromatic nitrogens is 1. The van der Waals surface area contributed by atoms with Crippen molar-refractivity contribution in [2.24, 2.45) is 5.92 Å². The van der Waals surface area contributed by atoms with Crippen molar-refractivity contribution >= 4 is 32.4 Å². The molecule has 3 heterocycles. The van der Waals surface area contributed by atoms with Crippen molar-refractivity contribution in [2.75, 3.05) is 37.8 Å². The van der Waals surface area contributed by atoms with Crippen molar-refractivity contribution in [2.45, 2.75) is 38.6 Å². The highest BCUT2D eigenvalue weighted by Crippen LogP contribution is 2.23. The molecule has 0 bridgehead atoms. The van der Waals surface area contributed by atoms with Crippen LogP contribution in [0, 0.1) is 5.92 Å². The smallest absolute Gasteiger partial charge is 0.229 e. The van der Waals surface area contributed by atoms with Crippen molar-refractivity contribution in [3.63, 3.8) is 0 Å². The van der Waals surface area contributed by atoms with Gasteiger partial charge in [-0.25, -0.2) is 17.7 Å². The minimum absolute atomic E-state index is 0.0491. The topological polar surface area (TPSA) is 82.6 Å². The lowest BCUT2D eigenvalue weighted by Crippen LogP contribution is -2.40. The lowest BCUT2D eigenvalue weighted by molar-refractivity contribution is -0.120. The minimum atomic E-state index is -3.16. The van der Waals surface area contributed by atoms with Crippen molar-refractivity contribution in [3.05, 3.63) is 11.1 Å². The van der Waals surface area contributed by atoms with Gasteiger partial charge in [-0.1, -0.05) is 6.42 Å². The molecule has 25 heavy (non-hydrogen) atoms. The number of thiazole rings is 1. The molecule has 140 valence electrons. The van der Waals surface area contributed by atoms with Crippen LogP contribution in [0.1, 0.15) is 37.8 Å². The number of nitrogens with zero attached hydrogens (tertiary/aromatic N) is 3. The Bertz CT molecular complexity index is 690. The number of sulfonamides is 1. The third-order valence-corrected chi connectivity index (χ3v) is 7.02. The van der Waals surface area contributed by atoms with Crippen LogP contribution in [-0.4, -0.2) is 60.9 Å². The molecule has 0 aliphatic carbocycles. The highest BCUT2D eigenvalue weighted by Gasteiger charge is 2.29. The lowest BCUT2D eigenvalue weighted by atomic mass is 9.97. The van der Waals surface area contributed by atoms with Crippen LogP contribution in [-0.2, 0) is 21.4 Å². The highest BCUT2D eigenvalue weighted by molar-refractivity contribution is 7.88. The maximum absolute atomic E-state index is 12.4. The van der Waals surface area contributed by atoms with E-state index in [2.05, 4.69) is 15.2 Å². The molecule has 0 unspecified atom stereocenters. The summed E-state index contributed by atoms with van der Waals surface area (Å²) in [7, 11) is -3.16. The summed E-state index contributed by atoms with van der Waals surface area (Å²) in [6, 6.07) is 0. The SMILES string of the molecule is CS(=O)(=O)N1CCC(C(=O)Nc2nc(CN3CCCCC3)cs2)CC1. The zero-order valence-corrected chi connectivity index (χ0v) is 16.2. The summed E-state index contributed by atoms with van der Waals surface area (Å²) in [6.45, 7) is 3.92. The Hall–Kier alpha value is -1.03. The van der Waals surface area contributed by atoms with Crippen LogP contribution in [0.15, 0.2) is 5.38 Å². The van der Waals surface area contributed by atoms with Gasteiger partial charge in [0.2, 0.25) is 15.9 Å². The number of nitrogens with one attached hydrogen (secondary N) is 1. The van der Waals surface area contributed by atoms with Gasteiger partial charge in [0.05, 0.1) is 11.9 Å². The molecule has 7 nitrogen and oxygen atoms in total. The summed E-state index contributed by atoms with van der Waals surface area (Å²) in [5.41, 5.74) is 1.01. The van der Waals surface area contributed by atoms with Gasteiger partial charge in [-0.3, -0.25) is 9.69 Å². The monoisotopic (exact) mass is 386 g/mol. The van der Waals surface area contributed by atoms with Gasteiger partial charge in [-0.15, -0.1) is 11.3 Å². The molecule has 9 heteroatoms. The maximum Gasteiger partial charge on any atom is 0.229 e. The Morgan fingerprint density at radius 3 is 2.56 bits per heavy atom. The van der Waals surface area contributed by atoms with Crippen LogP contribution in [0.4, 0.5) is 5.13 Å². The Morgan fingerprint density at radius 2 is 1.92 bits per heavy atom. The fourth-order valence-electron chi connectivity index (χ4n) is 3.44. The molecule has 2 fully saturated rings. The van der Waals surface area contributed by atoms with Gasteiger partial charge < -0.3 is 5.32 Å². The van der Waals surface area contributed by atoms with Gasteiger partial charge in [0, 0.05) is 30.9 Å². The maximum atomic E-state index is 12.4. The molecular formula is C16H26N4O3S2. The average Bonchev–Trinajstić information content (AvgIpc) is 3.02. The predicted molar refractivity (Wildman–Crippen MR) is 99.0 cm³/mol. The highest BCUT2D eigenvalue weighted by atomic mass is 32.2. The van der Waals surface area contributed by atoms with Crippen LogP contribution in [0.25, 0.3) is 0 Å². The second-order valence-corrected chi connectivity index (χ2v) is 9.75.